The fraction of sp³-hybridized carbons (Fsp3) is 0.125. The molecule has 1 N–H and O–H groups in total. The molecular weight excluding hydrogens is 426 g/mol. The molecular formula is C16H10Cl4N2O2S. The second-order valence-corrected chi connectivity index (χ2v) is 8.83. The van der Waals surface area contributed by atoms with E-state index in [2.05, 4.69) is 10.3 Å². The monoisotopic (exact) mass is 434 g/mol. The lowest BCUT2D eigenvalue weighted by Gasteiger charge is -2.23. The Morgan fingerprint density at radius 3 is 2.44 bits per heavy atom. The van der Waals surface area contributed by atoms with Crippen molar-refractivity contribution in [3.8, 4) is 0 Å². The predicted octanol–water partition coefficient (Wildman–Crippen LogP) is 5.70. The van der Waals surface area contributed by atoms with Gasteiger partial charge in [-0.1, -0.05) is 58.5 Å². The Hall–Kier alpha value is -1.11. The summed E-state index contributed by atoms with van der Waals surface area (Å²) in [4.78, 5) is 16.7. The van der Waals surface area contributed by atoms with Gasteiger partial charge in [0.2, 0.25) is 3.79 Å². The highest BCUT2D eigenvalue weighted by molar-refractivity contribution is 8.00. The summed E-state index contributed by atoms with van der Waals surface area (Å²) in [7, 11) is 0. The number of nitrogens with zero attached hydrogens (tertiary/aromatic N) is 1. The molecule has 0 radical (unpaired) electrons. The summed E-state index contributed by atoms with van der Waals surface area (Å²) in [6.07, 6.45) is 0. The van der Waals surface area contributed by atoms with Crippen LogP contribution in [0, 0.1) is 0 Å². The molecule has 1 atom stereocenters. The van der Waals surface area contributed by atoms with E-state index in [1.54, 1.807) is 36.4 Å². The van der Waals surface area contributed by atoms with Gasteiger partial charge in [-0.15, -0.1) is 0 Å². The van der Waals surface area contributed by atoms with E-state index in [0.29, 0.717) is 21.7 Å². The van der Waals surface area contributed by atoms with Gasteiger partial charge < -0.3 is 9.73 Å². The Bertz CT molecular complexity index is 860. The summed E-state index contributed by atoms with van der Waals surface area (Å²) in [6.45, 7) is 0. The molecule has 1 amide bonds. The van der Waals surface area contributed by atoms with Crippen molar-refractivity contribution in [2.24, 2.45) is 0 Å². The van der Waals surface area contributed by atoms with Gasteiger partial charge in [0.05, 0.1) is 0 Å². The van der Waals surface area contributed by atoms with E-state index < -0.39 is 15.1 Å². The summed E-state index contributed by atoms with van der Waals surface area (Å²) < 4.78 is 3.83. The number of carbonyl (C=O) groups excluding carboxylic acids is 1. The van der Waals surface area contributed by atoms with Gasteiger partial charge >= 0.3 is 0 Å². The number of aromatic nitrogens is 1. The summed E-state index contributed by atoms with van der Waals surface area (Å²) in [5, 5.41) is 2.57. The quantitative estimate of drug-likeness (QED) is 0.324. The minimum atomic E-state index is -1.77. The molecule has 0 aliphatic carbocycles. The lowest BCUT2D eigenvalue weighted by Crippen LogP contribution is -2.41. The maximum atomic E-state index is 12.4. The lowest BCUT2D eigenvalue weighted by molar-refractivity contribution is 0.0950. The summed E-state index contributed by atoms with van der Waals surface area (Å²) in [5.74, 6) is -0.406. The highest BCUT2D eigenvalue weighted by atomic mass is 35.6. The van der Waals surface area contributed by atoms with Crippen LogP contribution in [0.3, 0.4) is 0 Å². The zero-order valence-electron chi connectivity index (χ0n) is 12.4. The molecule has 25 heavy (non-hydrogen) atoms. The average Bonchev–Trinajstić information content (AvgIpc) is 2.96. The van der Waals surface area contributed by atoms with Crippen molar-refractivity contribution >= 4 is 75.2 Å². The Kier molecular flexibility index (Phi) is 5.71. The molecule has 0 saturated heterocycles. The average molecular weight is 436 g/mol. The number of halogens is 4. The van der Waals surface area contributed by atoms with Crippen molar-refractivity contribution in [3.63, 3.8) is 0 Å². The Morgan fingerprint density at radius 1 is 1.12 bits per heavy atom. The van der Waals surface area contributed by atoms with E-state index >= 15 is 0 Å². The van der Waals surface area contributed by atoms with Crippen molar-refractivity contribution in [3.05, 3.63) is 59.1 Å². The first kappa shape index (κ1) is 18.7. The van der Waals surface area contributed by atoms with Gasteiger partial charge in [-0.3, -0.25) is 4.79 Å². The van der Waals surface area contributed by atoms with Crippen molar-refractivity contribution < 1.29 is 9.21 Å². The first-order chi connectivity index (χ1) is 11.8. The molecule has 2 aromatic carbocycles. The highest BCUT2D eigenvalue weighted by Gasteiger charge is 2.36. The Morgan fingerprint density at radius 2 is 1.80 bits per heavy atom. The fourth-order valence-corrected chi connectivity index (χ4v) is 3.46. The van der Waals surface area contributed by atoms with Gasteiger partial charge in [0.15, 0.2) is 5.58 Å². The number of amides is 1. The van der Waals surface area contributed by atoms with Gasteiger partial charge in [0.1, 0.15) is 10.9 Å². The third-order valence-corrected chi connectivity index (χ3v) is 5.54. The van der Waals surface area contributed by atoms with E-state index in [-0.39, 0.29) is 5.22 Å². The molecule has 0 unspecified atom stereocenters. The smallest absolute Gasteiger partial charge is 0.258 e. The van der Waals surface area contributed by atoms with Crippen molar-refractivity contribution in [1.29, 1.82) is 0 Å². The van der Waals surface area contributed by atoms with Gasteiger partial charge in [-0.25, -0.2) is 4.98 Å². The molecule has 0 bridgehead atoms. The van der Waals surface area contributed by atoms with E-state index in [1.165, 1.54) is 0 Å². The molecule has 1 heterocycles. The lowest BCUT2D eigenvalue weighted by atomic mass is 10.2. The van der Waals surface area contributed by atoms with Crippen LogP contribution in [-0.2, 0) is 0 Å². The van der Waals surface area contributed by atoms with Crippen LogP contribution in [0.2, 0.25) is 5.02 Å². The molecule has 9 heteroatoms. The number of oxazole rings is 1. The van der Waals surface area contributed by atoms with Gasteiger partial charge in [0, 0.05) is 10.6 Å². The van der Waals surface area contributed by atoms with Crippen LogP contribution in [0.4, 0.5) is 0 Å². The van der Waals surface area contributed by atoms with Crippen LogP contribution in [0.25, 0.3) is 11.1 Å². The fourth-order valence-electron chi connectivity index (χ4n) is 1.98. The first-order valence-corrected chi connectivity index (χ1v) is 9.37. The van der Waals surface area contributed by atoms with Gasteiger partial charge in [-0.2, -0.15) is 0 Å². The van der Waals surface area contributed by atoms with Crippen molar-refractivity contribution in [1.82, 2.24) is 10.3 Å². The maximum Gasteiger partial charge on any atom is 0.258 e. The summed E-state index contributed by atoms with van der Waals surface area (Å²) >= 11 is 24.9. The van der Waals surface area contributed by atoms with Crippen LogP contribution in [-0.4, -0.2) is 20.1 Å². The van der Waals surface area contributed by atoms with E-state index in [9.17, 15) is 4.79 Å². The summed E-state index contributed by atoms with van der Waals surface area (Å²) in [6, 6.07) is 13.6. The second kappa shape index (κ2) is 7.64. The minimum Gasteiger partial charge on any atom is -0.431 e. The SMILES string of the molecule is O=C(N[C@H](Sc1nc2ccccc2o1)C(Cl)(Cl)Cl)c1ccc(Cl)cc1. The largest absolute Gasteiger partial charge is 0.431 e. The molecule has 0 aliphatic rings. The van der Waals surface area contributed by atoms with Crippen LogP contribution >= 0.6 is 58.2 Å². The molecule has 0 saturated carbocycles. The number of rotatable bonds is 4. The number of thioether (sulfide) groups is 1. The number of carbonyl (C=O) groups is 1. The number of para-hydroxylation sites is 2. The highest BCUT2D eigenvalue weighted by Crippen LogP contribution is 2.39. The number of nitrogens with one attached hydrogen (secondary N) is 1. The number of fused-ring (bicyclic) bond motifs is 1. The number of alkyl halides is 3. The zero-order chi connectivity index (χ0) is 18.0. The van der Waals surface area contributed by atoms with Crippen LogP contribution in [0.1, 0.15) is 10.4 Å². The molecule has 0 aliphatic heterocycles. The van der Waals surface area contributed by atoms with Crippen molar-refractivity contribution in [2.45, 2.75) is 14.4 Å². The van der Waals surface area contributed by atoms with Gasteiger partial charge in [0.25, 0.3) is 11.1 Å². The third kappa shape index (κ3) is 4.74. The van der Waals surface area contributed by atoms with Gasteiger partial charge in [-0.05, 0) is 48.2 Å². The molecule has 4 nitrogen and oxygen atoms in total. The van der Waals surface area contributed by atoms with Crippen molar-refractivity contribution in [2.75, 3.05) is 0 Å². The second-order valence-electron chi connectivity index (χ2n) is 4.97. The van der Waals surface area contributed by atoms with E-state index in [4.69, 9.17) is 50.8 Å². The molecule has 0 fully saturated rings. The molecule has 3 rings (SSSR count). The van der Waals surface area contributed by atoms with E-state index in [1.807, 2.05) is 12.1 Å². The minimum absolute atomic E-state index is 0.286. The standard InChI is InChI=1S/C16H10Cl4N2O2S/c17-10-7-5-9(6-8-10)13(23)22-14(16(18,19)20)25-15-21-11-3-1-2-4-12(11)24-15/h1-8,14H,(H,22,23)/t14-/m1/s1. The number of benzene rings is 2. The molecule has 1 aromatic heterocycles. The first-order valence-electron chi connectivity index (χ1n) is 6.98. The topological polar surface area (TPSA) is 55.1 Å². The summed E-state index contributed by atoms with van der Waals surface area (Å²) in [5.41, 5.74) is 1.68. The molecule has 3 aromatic rings. The third-order valence-electron chi connectivity index (χ3n) is 3.16. The zero-order valence-corrected chi connectivity index (χ0v) is 16.2. The normalized spacial score (nSPS) is 13.0. The van der Waals surface area contributed by atoms with Crippen LogP contribution < -0.4 is 5.32 Å². The predicted molar refractivity (Wildman–Crippen MR) is 103 cm³/mol. The Balaban J connectivity index is 1.80. The van der Waals surface area contributed by atoms with E-state index in [0.717, 1.165) is 11.8 Å². The number of hydrogen-bond acceptors (Lipinski definition) is 4. The maximum absolute atomic E-state index is 12.4. The Labute approximate surface area is 167 Å². The molecule has 130 valence electrons. The van der Waals surface area contributed by atoms with Crippen LogP contribution in [0.15, 0.2) is 58.2 Å². The number of hydrogen-bond donors (Lipinski definition) is 1. The molecule has 0 spiro atoms. The van der Waals surface area contributed by atoms with Crippen LogP contribution in [0.5, 0.6) is 0 Å².